The van der Waals surface area contributed by atoms with Crippen molar-refractivity contribution in [2.45, 2.75) is 19.1 Å². The molecule has 104 valence electrons. The van der Waals surface area contributed by atoms with Crippen molar-refractivity contribution >= 4 is 5.91 Å². The number of nitrogens with zero attached hydrogens (tertiary/aromatic N) is 2. The van der Waals surface area contributed by atoms with Crippen LogP contribution in [0, 0.1) is 0 Å². The summed E-state index contributed by atoms with van der Waals surface area (Å²) in [6.45, 7) is 9.26. The molecule has 1 amide bonds. The van der Waals surface area contributed by atoms with Gasteiger partial charge < -0.3 is 15.0 Å². The summed E-state index contributed by atoms with van der Waals surface area (Å²) in [6.07, 6.45) is 1.88. The average molecular weight is 255 g/mol. The predicted octanol–water partition coefficient (Wildman–Crippen LogP) is -0.0605. The normalized spacial score (nSPS) is 22.8. The van der Waals surface area contributed by atoms with Gasteiger partial charge in [0.1, 0.15) is 0 Å². The Bertz CT molecular complexity index is 281. The fourth-order valence-electron chi connectivity index (χ4n) is 2.10. The van der Waals surface area contributed by atoms with E-state index in [1.807, 2.05) is 21.0 Å². The zero-order chi connectivity index (χ0) is 13.5. The van der Waals surface area contributed by atoms with Gasteiger partial charge in [0, 0.05) is 26.2 Å². The number of hydrogen-bond donors (Lipinski definition) is 1. The summed E-state index contributed by atoms with van der Waals surface area (Å²) in [5.74, 6) is 0.0559. The smallest absolute Gasteiger partial charge is 0.237 e. The Kier molecular flexibility index (Phi) is 6.32. The summed E-state index contributed by atoms with van der Waals surface area (Å²) in [4.78, 5) is 16.2. The minimum absolute atomic E-state index is 0.0559. The lowest BCUT2D eigenvalue weighted by Crippen LogP contribution is -2.53. The third-order valence-corrected chi connectivity index (χ3v) is 3.09. The van der Waals surface area contributed by atoms with Crippen molar-refractivity contribution in [1.29, 1.82) is 0 Å². The van der Waals surface area contributed by atoms with Crippen molar-refractivity contribution in [3.63, 3.8) is 0 Å². The SMILES string of the molecule is C=CCNC(=O)C(C)N1CCOC(CN(C)C)C1. The third-order valence-electron chi connectivity index (χ3n) is 3.09. The lowest BCUT2D eigenvalue weighted by Gasteiger charge is -2.37. The first-order chi connectivity index (χ1) is 8.54. The highest BCUT2D eigenvalue weighted by atomic mass is 16.5. The predicted molar refractivity (Wildman–Crippen MR) is 72.5 cm³/mol. The molecule has 0 radical (unpaired) electrons. The molecule has 1 aliphatic rings. The second kappa shape index (κ2) is 7.51. The van der Waals surface area contributed by atoms with E-state index in [0.29, 0.717) is 13.2 Å². The minimum Gasteiger partial charge on any atom is -0.374 e. The Morgan fingerprint density at radius 1 is 1.67 bits per heavy atom. The van der Waals surface area contributed by atoms with Crippen LogP contribution >= 0.6 is 0 Å². The number of morpholine rings is 1. The molecule has 0 aromatic rings. The van der Waals surface area contributed by atoms with Crippen LogP contribution in [0.4, 0.5) is 0 Å². The fourth-order valence-corrected chi connectivity index (χ4v) is 2.10. The Balaban J connectivity index is 2.44. The number of hydrogen-bond acceptors (Lipinski definition) is 4. The number of carbonyl (C=O) groups is 1. The van der Waals surface area contributed by atoms with Gasteiger partial charge in [-0.1, -0.05) is 6.08 Å². The van der Waals surface area contributed by atoms with Crippen LogP contribution in [0.5, 0.6) is 0 Å². The molecule has 0 aromatic heterocycles. The summed E-state index contributed by atoms with van der Waals surface area (Å²) in [7, 11) is 4.06. The molecule has 1 heterocycles. The van der Waals surface area contributed by atoms with E-state index in [0.717, 1.165) is 19.6 Å². The first kappa shape index (κ1) is 15.1. The lowest BCUT2D eigenvalue weighted by atomic mass is 10.2. The van der Waals surface area contributed by atoms with Gasteiger partial charge in [0.15, 0.2) is 0 Å². The summed E-state index contributed by atoms with van der Waals surface area (Å²) >= 11 is 0. The molecule has 1 rings (SSSR count). The highest BCUT2D eigenvalue weighted by Gasteiger charge is 2.27. The molecule has 1 fully saturated rings. The van der Waals surface area contributed by atoms with Crippen LogP contribution in [0.3, 0.4) is 0 Å². The van der Waals surface area contributed by atoms with Gasteiger partial charge in [-0.05, 0) is 21.0 Å². The van der Waals surface area contributed by atoms with Gasteiger partial charge in [-0.25, -0.2) is 0 Å². The number of likely N-dealkylation sites (N-methyl/N-ethyl adjacent to an activating group) is 1. The monoisotopic (exact) mass is 255 g/mol. The maximum Gasteiger partial charge on any atom is 0.237 e. The van der Waals surface area contributed by atoms with Crippen LogP contribution in [0.2, 0.25) is 0 Å². The first-order valence-electron chi connectivity index (χ1n) is 6.43. The lowest BCUT2D eigenvalue weighted by molar-refractivity contribution is -0.129. The highest BCUT2D eigenvalue weighted by Crippen LogP contribution is 2.09. The second-order valence-corrected chi connectivity index (χ2v) is 4.96. The minimum atomic E-state index is -0.112. The van der Waals surface area contributed by atoms with Gasteiger partial charge in [0.25, 0.3) is 0 Å². The molecule has 0 bridgehead atoms. The van der Waals surface area contributed by atoms with Gasteiger partial charge in [-0.2, -0.15) is 0 Å². The van der Waals surface area contributed by atoms with E-state index in [4.69, 9.17) is 4.74 Å². The average Bonchev–Trinajstić information content (AvgIpc) is 2.34. The van der Waals surface area contributed by atoms with E-state index < -0.39 is 0 Å². The number of rotatable bonds is 6. The van der Waals surface area contributed by atoms with E-state index >= 15 is 0 Å². The third kappa shape index (κ3) is 4.76. The van der Waals surface area contributed by atoms with E-state index in [1.54, 1.807) is 6.08 Å². The fraction of sp³-hybridized carbons (Fsp3) is 0.769. The van der Waals surface area contributed by atoms with Crippen molar-refractivity contribution in [2.24, 2.45) is 0 Å². The van der Waals surface area contributed by atoms with Gasteiger partial charge in [0.2, 0.25) is 5.91 Å². The van der Waals surface area contributed by atoms with Crippen molar-refractivity contribution in [3.8, 4) is 0 Å². The van der Waals surface area contributed by atoms with E-state index in [1.165, 1.54) is 0 Å². The van der Waals surface area contributed by atoms with Crippen molar-refractivity contribution in [2.75, 3.05) is 46.9 Å². The largest absolute Gasteiger partial charge is 0.374 e. The van der Waals surface area contributed by atoms with Crippen molar-refractivity contribution in [1.82, 2.24) is 15.1 Å². The molecule has 2 atom stereocenters. The summed E-state index contributed by atoms with van der Waals surface area (Å²) in [5.41, 5.74) is 0. The van der Waals surface area contributed by atoms with Crippen LogP contribution < -0.4 is 5.32 Å². The maximum atomic E-state index is 11.9. The molecular weight excluding hydrogens is 230 g/mol. The van der Waals surface area contributed by atoms with Gasteiger partial charge in [-0.3, -0.25) is 9.69 Å². The number of ether oxygens (including phenoxy) is 1. The molecular formula is C13H25N3O2. The van der Waals surface area contributed by atoms with Gasteiger partial charge in [0.05, 0.1) is 18.8 Å². The summed E-state index contributed by atoms with van der Waals surface area (Å²) in [6, 6.07) is -0.112. The molecule has 1 saturated heterocycles. The molecule has 2 unspecified atom stereocenters. The van der Waals surface area contributed by atoms with E-state index in [2.05, 4.69) is 21.7 Å². The van der Waals surface area contributed by atoms with Crippen LogP contribution in [-0.2, 0) is 9.53 Å². The Morgan fingerprint density at radius 3 is 3.00 bits per heavy atom. The topological polar surface area (TPSA) is 44.8 Å². The van der Waals surface area contributed by atoms with Crippen LogP contribution in [0.15, 0.2) is 12.7 Å². The summed E-state index contributed by atoms with van der Waals surface area (Å²) < 4.78 is 5.70. The van der Waals surface area contributed by atoms with Crippen molar-refractivity contribution < 1.29 is 9.53 Å². The zero-order valence-corrected chi connectivity index (χ0v) is 11.7. The summed E-state index contributed by atoms with van der Waals surface area (Å²) in [5, 5.41) is 2.84. The molecule has 0 aliphatic carbocycles. The van der Waals surface area contributed by atoms with Crippen LogP contribution in [-0.4, -0.2) is 74.7 Å². The number of carbonyl (C=O) groups excluding carboxylic acids is 1. The van der Waals surface area contributed by atoms with E-state index in [-0.39, 0.29) is 18.1 Å². The van der Waals surface area contributed by atoms with Crippen molar-refractivity contribution in [3.05, 3.63) is 12.7 Å². The Morgan fingerprint density at radius 2 is 2.39 bits per heavy atom. The molecule has 0 aromatic carbocycles. The quantitative estimate of drug-likeness (QED) is 0.675. The number of amides is 1. The van der Waals surface area contributed by atoms with Gasteiger partial charge in [-0.15, -0.1) is 6.58 Å². The van der Waals surface area contributed by atoms with Crippen LogP contribution in [0.1, 0.15) is 6.92 Å². The number of nitrogens with one attached hydrogen (secondary N) is 1. The van der Waals surface area contributed by atoms with E-state index in [9.17, 15) is 4.79 Å². The van der Waals surface area contributed by atoms with Gasteiger partial charge >= 0.3 is 0 Å². The van der Waals surface area contributed by atoms with Crippen LogP contribution in [0.25, 0.3) is 0 Å². The first-order valence-corrected chi connectivity index (χ1v) is 6.43. The molecule has 5 nitrogen and oxygen atoms in total. The Labute approximate surface area is 110 Å². The molecule has 1 N–H and O–H groups in total. The second-order valence-electron chi connectivity index (χ2n) is 4.96. The highest BCUT2D eigenvalue weighted by molar-refractivity contribution is 5.81. The molecule has 1 aliphatic heterocycles. The zero-order valence-electron chi connectivity index (χ0n) is 11.7. The molecule has 18 heavy (non-hydrogen) atoms. The molecule has 0 saturated carbocycles. The molecule has 0 spiro atoms. The standard InChI is InChI=1S/C13H25N3O2/c1-5-6-14-13(17)11(2)16-7-8-18-12(10-16)9-15(3)4/h5,11-12H,1,6-10H2,2-4H3,(H,14,17). The molecule has 5 heteroatoms. The maximum absolute atomic E-state index is 11.9. The Hall–Kier alpha value is -0.910.